The lowest BCUT2D eigenvalue weighted by atomic mass is 9.89. The van der Waals surface area contributed by atoms with Crippen molar-refractivity contribution in [2.75, 3.05) is 13.1 Å². The Hall–Kier alpha value is -2.69. The molecule has 0 bridgehead atoms. The SMILES string of the molecule is O=C1CC2(CCN(C(=O)c3ccc(F)cc3)C2)Oc2ccccc21. The number of hydrogen-bond acceptors (Lipinski definition) is 3. The van der Waals surface area contributed by atoms with E-state index in [1.54, 1.807) is 17.0 Å². The number of hydrogen-bond donors (Lipinski definition) is 0. The average molecular weight is 325 g/mol. The van der Waals surface area contributed by atoms with Crippen molar-refractivity contribution >= 4 is 11.7 Å². The molecule has 0 radical (unpaired) electrons. The fraction of sp³-hybridized carbons (Fsp3) is 0.263. The minimum Gasteiger partial charge on any atom is -0.484 e. The number of halogens is 1. The standard InChI is InChI=1S/C19H16FNO3/c20-14-7-5-13(6-8-14)18(23)21-10-9-19(12-21)11-16(22)15-3-1-2-4-17(15)24-19/h1-8H,9-12H2. The molecule has 2 aromatic carbocycles. The van der Waals surface area contributed by atoms with Gasteiger partial charge in [0.05, 0.1) is 18.5 Å². The number of likely N-dealkylation sites (tertiary alicyclic amines) is 1. The number of fused-ring (bicyclic) bond motifs is 1. The molecular weight excluding hydrogens is 309 g/mol. The maximum absolute atomic E-state index is 13.0. The smallest absolute Gasteiger partial charge is 0.253 e. The third-order valence-electron chi connectivity index (χ3n) is 4.69. The fourth-order valence-corrected chi connectivity index (χ4v) is 3.46. The van der Waals surface area contributed by atoms with E-state index in [1.807, 2.05) is 12.1 Å². The van der Waals surface area contributed by atoms with Crippen molar-refractivity contribution in [1.29, 1.82) is 0 Å². The van der Waals surface area contributed by atoms with Crippen LogP contribution in [0.5, 0.6) is 5.75 Å². The van der Waals surface area contributed by atoms with Gasteiger partial charge in [-0.1, -0.05) is 12.1 Å². The molecule has 4 rings (SSSR count). The van der Waals surface area contributed by atoms with E-state index in [2.05, 4.69) is 0 Å². The molecule has 0 aromatic heterocycles. The molecule has 0 saturated carbocycles. The summed E-state index contributed by atoms with van der Waals surface area (Å²) < 4.78 is 19.1. The molecule has 1 amide bonds. The Morgan fingerprint density at radius 2 is 1.88 bits per heavy atom. The first kappa shape index (κ1) is 14.9. The molecular formula is C19H16FNO3. The largest absolute Gasteiger partial charge is 0.484 e. The first-order chi connectivity index (χ1) is 11.6. The van der Waals surface area contributed by atoms with Crippen LogP contribution in [0.15, 0.2) is 48.5 Å². The number of amides is 1. The zero-order valence-corrected chi connectivity index (χ0v) is 13.0. The minimum atomic E-state index is -0.652. The second kappa shape index (κ2) is 5.44. The Balaban J connectivity index is 1.55. The summed E-state index contributed by atoms with van der Waals surface area (Å²) in [6, 6.07) is 12.7. The molecule has 2 heterocycles. The number of carbonyl (C=O) groups excluding carboxylic acids is 2. The predicted molar refractivity (Wildman–Crippen MR) is 85.7 cm³/mol. The summed E-state index contributed by atoms with van der Waals surface area (Å²) in [5.74, 6) is 0.0989. The summed E-state index contributed by atoms with van der Waals surface area (Å²) in [6.07, 6.45) is 0.886. The second-order valence-corrected chi connectivity index (χ2v) is 6.36. The molecule has 2 aromatic rings. The zero-order valence-electron chi connectivity index (χ0n) is 13.0. The number of benzene rings is 2. The average Bonchev–Trinajstić information content (AvgIpc) is 2.98. The Morgan fingerprint density at radius 1 is 1.12 bits per heavy atom. The third-order valence-corrected chi connectivity index (χ3v) is 4.69. The van der Waals surface area contributed by atoms with Crippen LogP contribution in [-0.2, 0) is 0 Å². The van der Waals surface area contributed by atoms with Crippen LogP contribution in [0.2, 0.25) is 0 Å². The highest BCUT2D eigenvalue weighted by Gasteiger charge is 2.46. The fourth-order valence-electron chi connectivity index (χ4n) is 3.46. The van der Waals surface area contributed by atoms with Crippen LogP contribution in [0.1, 0.15) is 33.6 Å². The van der Waals surface area contributed by atoms with Crippen molar-refractivity contribution in [3.63, 3.8) is 0 Å². The maximum Gasteiger partial charge on any atom is 0.253 e. The van der Waals surface area contributed by atoms with Gasteiger partial charge in [0.15, 0.2) is 5.78 Å². The number of rotatable bonds is 1. The van der Waals surface area contributed by atoms with Crippen molar-refractivity contribution < 1.29 is 18.7 Å². The van der Waals surface area contributed by atoms with Gasteiger partial charge in [-0.3, -0.25) is 9.59 Å². The van der Waals surface area contributed by atoms with Gasteiger partial charge in [-0.15, -0.1) is 0 Å². The van der Waals surface area contributed by atoms with E-state index in [0.717, 1.165) is 0 Å². The summed E-state index contributed by atoms with van der Waals surface area (Å²) in [4.78, 5) is 26.7. The van der Waals surface area contributed by atoms with E-state index in [1.165, 1.54) is 24.3 Å². The molecule has 1 fully saturated rings. The van der Waals surface area contributed by atoms with Crippen molar-refractivity contribution in [3.8, 4) is 5.75 Å². The van der Waals surface area contributed by atoms with E-state index in [4.69, 9.17) is 4.74 Å². The lowest BCUT2D eigenvalue weighted by Crippen LogP contribution is -2.45. The lowest BCUT2D eigenvalue weighted by Gasteiger charge is -2.34. The Kier molecular flexibility index (Phi) is 3.37. The number of carbonyl (C=O) groups is 2. The van der Waals surface area contributed by atoms with Crippen molar-refractivity contribution in [1.82, 2.24) is 4.90 Å². The van der Waals surface area contributed by atoms with E-state index in [-0.39, 0.29) is 23.9 Å². The number of ketones is 1. The van der Waals surface area contributed by atoms with Crippen molar-refractivity contribution in [2.45, 2.75) is 18.4 Å². The predicted octanol–water partition coefficient (Wildman–Crippen LogP) is 3.08. The summed E-state index contributed by atoms with van der Waals surface area (Å²) in [5.41, 5.74) is 0.392. The highest BCUT2D eigenvalue weighted by Crippen LogP contribution is 2.38. The Bertz CT molecular complexity index is 818. The van der Waals surface area contributed by atoms with Gasteiger partial charge >= 0.3 is 0 Å². The van der Waals surface area contributed by atoms with E-state index >= 15 is 0 Å². The highest BCUT2D eigenvalue weighted by molar-refractivity contribution is 6.00. The summed E-state index contributed by atoms with van der Waals surface area (Å²) in [5, 5.41) is 0. The van der Waals surface area contributed by atoms with E-state index < -0.39 is 5.60 Å². The molecule has 4 nitrogen and oxygen atoms in total. The molecule has 0 N–H and O–H groups in total. The molecule has 0 aliphatic carbocycles. The normalized spacial score (nSPS) is 22.4. The zero-order chi connectivity index (χ0) is 16.7. The van der Waals surface area contributed by atoms with Gasteiger partial charge < -0.3 is 9.64 Å². The Morgan fingerprint density at radius 3 is 2.67 bits per heavy atom. The lowest BCUT2D eigenvalue weighted by molar-refractivity contribution is 0.0428. The monoisotopic (exact) mass is 325 g/mol. The quantitative estimate of drug-likeness (QED) is 0.809. The van der Waals surface area contributed by atoms with Crippen LogP contribution >= 0.6 is 0 Å². The van der Waals surface area contributed by atoms with Gasteiger partial charge in [0.1, 0.15) is 17.2 Å². The van der Waals surface area contributed by atoms with Gasteiger partial charge in [0.25, 0.3) is 5.91 Å². The van der Waals surface area contributed by atoms with Crippen LogP contribution in [0.25, 0.3) is 0 Å². The first-order valence-corrected chi connectivity index (χ1v) is 7.92. The van der Waals surface area contributed by atoms with Crippen LogP contribution in [-0.4, -0.2) is 35.3 Å². The van der Waals surface area contributed by atoms with E-state index in [0.29, 0.717) is 36.4 Å². The number of ether oxygens (including phenoxy) is 1. The summed E-state index contributed by atoms with van der Waals surface area (Å²) >= 11 is 0. The molecule has 2 aliphatic heterocycles. The number of para-hydroxylation sites is 1. The molecule has 1 unspecified atom stereocenters. The number of nitrogens with zero attached hydrogens (tertiary/aromatic N) is 1. The molecule has 122 valence electrons. The minimum absolute atomic E-state index is 0.0490. The van der Waals surface area contributed by atoms with E-state index in [9.17, 15) is 14.0 Å². The van der Waals surface area contributed by atoms with Gasteiger partial charge in [-0.2, -0.15) is 0 Å². The van der Waals surface area contributed by atoms with Crippen LogP contribution in [0.4, 0.5) is 4.39 Å². The first-order valence-electron chi connectivity index (χ1n) is 7.92. The third kappa shape index (κ3) is 2.46. The van der Waals surface area contributed by atoms with Crippen LogP contribution in [0, 0.1) is 5.82 Å². The Labute approximate surface area is 138 Å². The molecule has 24 heavy (non-hydrogen) atoms. The van der Waals surface area contributed by atoms with Gasteiger partial charge in [-0.25, -0.2) is 4.39 Å². The molecule has 1 atom stereocenters. The summed E-state index contributed by atoms with van der Waals surface area (Å²) in [7, 11) is 0. The molecule has 2 aliphatic rings. The number of Topliss-reactive ketones (excluding diaryl/α,β-unsaturated/α-hetero) is 1. The van der Waals surface area contributed by atoms with Gasteiger partial charge in [-0.05, 0) is 36.4 Å². The molecule has 5 heteroatoms. The van der Waals surface area contributed by atoms with Crippen LogP contribution < -0.4 is 4.74 Å². The molecule has 1 saturated heterocycles. The van der Waals surface area contributed by atoms with Gasteiger partial charge in [0, 0.05) is 18.5 Å². The summed E-state index contributed by atoms with van der Waals surface area (Å²) in [6.45, 7) is 0.884. The topological polar surface area (TPSA) is 46.6 Å². The highest BCUT2D eigenvalue weighted by atomic mass is 19.1. The second-order valence-electron chi connectivity index (χ2n) is 6.36. The van der Waals surface area contributed by atoms with Crippen molar-refractivity contribution in [3.05, 3.63) is 65.5 Å². The van der Waals surface area contributed by atoms with Crippen molar-refractivity contribution in [2.24, 2.45) is 0 Å². The van der Waals surface area contributed by atoms with Crippen LogP contribution in [0.3, 0.4) is 0 Å². The van der Waals surface area contributed by atoms with Gasteiger partial charge in [0.2, 0.25) is 0 Å². The maximum atomic E-state index is 13.0. The molecule has 1 spiro atoms.